The van der Waals surface area contributed by atoms with Gasteiger partial charge >= 0.3 is 5.97 Å². The van der Waals surface area contributed by atoms with Gasteiger partial charge in [0.05, 0.1) is 12.2 Å². The molecule has 3 heteroatoms. The molecule has 0 unspecified atom stereocenters. The predicted octanol–water partition coefficient (Wildman–Crippen LogP) is 1.71. The van der Waals surface area contributed by atoms with Crippen LogP contribution in [0.1, 0.15) is 29.3 Å². The molecule has 1 radical (unpaired) electrons. The van der Waals surface area contributed by atoms with Crippen LogP contribution >= 0.6 is 0 Å². The van der Waals surface area contributed by atoms with Crippen LogP contribution in [0.2, 0.25) is 0 Å². The first-order valence-corrected chi connectivity index (χ1v) is 4.44. The molecule has 0 aliphatic rings. The molecule has 1 aromatic carbocycles. The van der Waals surface area contributed by atoms with Crippen LogP contribution in [0.15, 0.2) is 24.3 Å². The van der Waals surface area contributed by atoms with E-state index in [4.69, 9.17) is 4.74 Å². The van der Waals surface area contributed by atoms with Gasteiger partial charge in [0.2, 0.25) is 6.29 Å². The van der Waals surface area contributed by atoms with Crippen LogP contribution in [0.4, 0.5) is 0 Å². The highest BCUT2D eigenvalue weighted by molar-refractivity contribution is 5.98. The zero-order valence-electron chi connectivity index (χ0n) is 7.95. The molecule has 0 fully saturated rings. The number of hydrogen-bond acceptors (Lipinski definition) is 3. The van der Waals surface area contributed by atoms with Crippen molar-refractivity contribution in [2.24, 2.45) is 0 Å². The minimum absolute atomic E-state index is 0.244. The van der Waals surface area contributed by atoms with E-state index in [-0.39, 0.29) is 11.1 Å². The van der Waals surface area contributed by atoms with Crippen LogP contribution in [0, 0.1) is 0 Å². The van der Waals surface area contributed by atoms with Gasteiger partial charge in [0.15, 0.2) is 0 Å². The van der Waals surface area contributed by atoms with Crippen LogP contribution in [0.5, 0.6) is 0 Å². The molecule has 0 N–H and O–H groups in total. The molecule has 0 saturated carbocycles. The topological polar surface area (TPSA) is 43.4 Å². The van der Waals surface area contributed by atoms with Gasteiger partial charge in [-0.05, 0) is 12.5 Å². The van der Waals surface area contributed by atoms with E-state index in [1.807, 2.05) is 6.92 Å². The lowest BCUT2D eigenvalue weighted by molar-refractivity contribution is 0.0505. The highest BCUT2D eigenvalue weighted by atomic mass is 16.5. The van der Waals surface area contributed by atoms with Crippen LogP contribution in [0.3, 0.4) is 0 Å². The number of hydrogen-bond donors (Lipinski definition) is 0. The van der Waals surface area contributed by atoms with Crippen LogP contribution in [0.25, 0.3) is 0 Å². The van der Waals surface area contributed by atoms with Crippen LogP contribution in [-0.2, 0) is 9.53 Å². The fourth-order valence-corrected chi connectivity index (χ4v) is 1.02. The first kappa shape index (κ1) is 10.4. The van der Waals surface area contributed by atoms with Crippen molar-refractivity contribution in [3.05, 3.63) is 35.4 Å². The monoisotopic (exact) mass is 191 g/mol. The summed E-state index contributed by atoms with van der Waals surface area (Å²) in [5, 5.41) is 0. The summed E-state index contributed by atoms with van der Waals surface area (Å²) in [5.41, 5.74) is 0.518. The lowest BCUT2D eigenvalue weighted by atomic mass is 10.1. The van der Waals surface area contributed by atoms with Gasteiger partial charge in [-0.25, -0.2) is 4.79 Å². The SMILES string of the molecule is CCCOC(=O)c1ccccc1[C]=O. The standard InChI is InChI=1S/C11H11O3/c1-2-7-14-11(13)10-6-4-3-5-9(10)8-12/h3-6H,2,7H2,1H3. The van der Waals surface area contributed by atoms with E-state index in [9.17, 15) is 9.59 Å². The van der Waals surface area contributed by atoms with Gasteiger partial charge in [0, 0.05) is 5.56 Å². The average Bonchev–Trinajstić information content (AvgIpc) is 2.25. The van der Waals surface area contributed by atoms with Gasteiger partial charge in [-0.15, -0.1) is 0 Å². The van der Waals surface area contributed by atoms with Gasteiger partial charge in [0.1, 0.15) is 0 Å². The van der Waals surface area contributed by atoms with E-state index >= 15 is 0 Å². The molecule has 0 saturated heterocycles. The van der Waals surface area contributed by atoms with Crippen molar-refractivity contribution in [3.8, 4) is 0 Å². The first-order valence-electron chi connectivity index (χ1n) is 4.44. The number of carbonyl (C=O) groups excluding carboxylic acids is 2. The summed E-state index contributed by atoms with van der Waals surface area (Å²) in [5.74, 6) is -0.467. The Kier molecular flexibility index (Phi) is 3.85. The lowest BCUT2D eigenvalue weighted by Crippen LogP contribution is -2.08. The second-order valence-corrected chi connectivity index (χ2v) is 2.78. The Morgan fingerprint density at radius 1 is 1.43 bits per heavy atom. The lowest BCUT2D eigenvalue weighted by Gasteiger charge is -2.03. The van der Waals surface area contributed by atoms with Gasteiger partial charge in [-0.1, -0.05) is 25.1 Å². The third kappa shape index (κ3) is 2.42. The van der Waals surface area contributed by atoms with E-state index in [0.29, 0.717) is 6.61 Å². The minimum Gasteiger partial charge on any atom is -0.462 e. The van der Waals surface area contributed by atoms with Crippen molar-refractivity contribution in [3.63, 3.8) is 0 Å². The third-order valence-corrected chi connectivity index (χ3v) is 1.69. The minimum atomic E-state index is -0.467. The van der Waals surface area contributed by atoms with Crippen molar-refractivity contribution in [1.82, 2.24) is 0 Å². The van der Waals surface area contributed by atoms with E-state index in [0.717, 1.165) is 6.42 Å². The number of benzene rings is 1. The maximum absolute atomic E-state index is 11.4. The van der Waals surface area contributed by atoms with Crippen molar-refractivity contribution >= 4 is 12.3 Å². The Labute approximate surface area is 82.7 Å². The zero-order valence-corrected chi connectivity index (χ0v) is 7.95. The Morgan fingerprint density at radius 2 is 2.14 bits per heavy atom. The van der Waals surface area contributed by atoms with Crippen molar-refractivity contribution in [1.29, 1.82) is 0 Å². The summed E-state index contributed by atoms with van der Waals surface area (Å²) in [6.07, 6.45) is 2.46. The molecule has 0 atom stereocenters. The second kappa shape index (κ2) is 5.17. The fraction of sp³-hybridized carbons (Fsp3) is 0.273. The normalized spacial score (nSPS) is 9.50. The molecule has 0 aliphatic heterocycles. The van der Waals surface area contributed by atoms with Gasteiger partial charge in [-0.3, -0.25) is 4.79 Å². The first-order chi connectivity index (χ1) is 6.79. The van der Waals surface area contributed by atoms with E-state index in [2.05, 4.69) is 0 Å². The largest absolute Gasteiger partial charge is 0.462 e. The number of esters is 1. The smallest absolute Gasteiger partial charge is 0.338 e. The maximum Gasteiger partial charge on any atom is 0.338 e. The quantitative estimate of drug-likeness (QED) is 0.680. The summed E-state index contributed by atoms with van der Waals surface area (Å²) < 4.78 is 4.90. The summed E-state index contributed by atoms with van der Waals surface area (Å²) in [6, 6.07) is 6.45. The van der Waals surface area contributed by atoms with Crippen LogP contribution in [-0.4, -0.2) is 18.9 Å². The van der Waals surface area contributed by atoms with Gasteiger partial charge < -0.3 is 4.74 Å². The molecule has 0 aromatic heterocycles. The molecule has 0 spiro atoms. The summed E-state index contributed by atoms with van der Waals surface area (Å²) >= 11 is 0. The molecule has 3 nitrogen and oxygen atoms in total. The highest BCUT2D eigenvalue weighted by Gasteiger charge is 2.11. The molecular formula is C11H11O3. The predicted molar refractivity (Wildman–Crippen MR) is 51.8 cm³/mol. The van der Waals surface area contributed by atoms with Crippen molar-refractivity contribution in [2.75, 3.05) is 6.61 Å². The molecule has 14 heavy (non-hydrogen) atoms. The molecule has 0 amide bonds. The van der Waals surface area contributed by atoms with E-state index < -0.39 is 5.97 Å². The fourth-order valence-electron chi connectivity index (χ4n) is 1.02. The molecule has 0 aliphatic carbocycles. The number of rotatable bonds is 4. The zero-order chi connectivity index (χ0) is 10.4. The third-order valence-electron chi connectivity index (χ3n) is 1.69. The van der Waals surface area contributed by atoms with Crippen LogP contribution < -0.4 is 0 Å². The highest BCUT2D eigenvalue weighted by Crippen LogP contribution is 2.07. The molecule has 73 valence electrons. The Morgan fingerprint density at radius 3 is 2.79 bits per heavy atom. The molecular weight excluding hydrogens is 180 g/mol. The molecule has 0 bridgehead atoms. The van der Waals surface area contributed by atoms with Gasteiger partial charge in [0.25, 0.3) is 0 Å². The van der Waals surface area contributed by atoms with E-state index in [1.54, 1.807) is 24.5 Å². The average molecular weight is 191 g/mol. The molecule has 0 heterocycles. The van der Waals surface area contributed by atoms with Crippen molar-refractivity contribution < 1.29 is 14.3 Å². The summed E-state index contributed by atoms with van der Waals surface area (Å²) in [7, 11) is 0. The Bertz CT molecular complexity index is 331. The maximum atomic E-state index is 11.4. The van der Waals surface area contributed by atoms with E-state index in [1.165, 1.54) is 6.07 Å². The molecule has 1 rings (SSSR count). The number of ether oxygens (including phenoxy) is 1. The van der Waals surface area contributed by atoms with Gasteiger partial charge in [-0.2, -0.15) is 0 Å². The number of carbonyl (C=O) groups is 1. The van der Waals surface area contributed by atoms with Crippen molar-refractivity contribution in [2.45, 2.75) is 13.3 Å². The Balaban J connectivity index is 2.83. The summed E-state index contributed by atoms with van der Waals surface area (Å²) in [6.45, 7) is 2.27. The second-order valence-electron chi connectivity index (χ2n) is 2.78. The summed E-state index contributed by atoms with van der Waals surface area (Å²) in [4.78, 5) is 21.9. The molecule has 1 aromatic rings. The Hall–Kier alpha value is -1.64.